The van der Waals surface area contributed by atoms with Gasteiger partial charge in [-0.1, -0.05) is 0 Å². The lowest BCUT2D eigenvalue weighted by Gasteiger charge is -2.33. The predicted octanol–water partition coefficient (Wildman–Crippen LogP) is 2.15. The highest BCUT2D eigenvalue weighted by Gasteiger charge is 2.41. The Balaban J connectivity index is 1.43. The molecule has 1 atom stereocenters. The predicted molar refractivity (Wildman–Crippen MR) is 85.2 cm³/mol. The molecule has 0 aromatic carbocycles. The zero-order chi connectivity index (χ0) is 15.6. The molecule has 1 aromatic heterocycles. The van der Waals surface area contributed by atoms with Gasteiger partial charge in [-0.15, -0.1) is 11.3 Å². The lowest BCUT2D eigenvalue weighted by atomic mass is 9.91. The van der Waals surface area contributed by atoms with Crippen molar-refractivity contribution in [2.75, 3.05) is 19.8 Å². The summed E-state index contributed by atoms with van der Waals surface area (Å²) in [5.74, 6) is 0.0327. The monoisotopic (exact) mass is 324 g/mol. The van der Waals surface area contributed by atoms with Gasteiger partial charge in [0.15, 0.2) is 0 Å². The quantitative estimate of drug-likeness (QED) is 0.922. The van der Waals surface area contributed by atoms with E-state index in [9.17, 15) is 4.79 Å². The van der Waals surface area contributed by atoms with Gasteiger partial charge in [0.05, 0.1) is 23.8 Å². The Hall–Kier alpha value is -0.980. The lowest BCUT2D eigenvalue weighted by Crippen LogP contribution is -2.39. The summed E-state index contributed by atoms with van der Waals surface area (Å²) in [6.07, 6.45) is 4.58. The summed E-state index contributed by atoms with van der Waals surface area (Å²) in [5, 5.41) is 3.88. The van der Waals surface area contributed by atoms with E-state index in [-0.39, 0.29) is 17.6 Å². The van der Waals surface area contributed by atoms with Crippen LogP contribution in [0.1, 0.15) is 41.3 Å². The summed E-state index contributed by atoms with van der Waals surface area (Å²) in [7, 11) is 0. The fourth-order valence-corrected chi connectivity index (χ4v) is 4.13. The molecule has 1 N–H and O–H groups in total. The molecular weight excluding hydrogens is 300 g/mol. The minimum absolute atomic E-state index is 0.0111. The maximum Gasteiger partial charge on any atom is 0.226 e. The number of amides is 1. The molecule has 3 heterocycles. The van der Waals surface area contributed by atoms with E-state index in [0.29, 0.717) is 13.0 Å². The minimum atomic E-state index is 0.0111. The van der Waals surface area contributed by atoms with Crippen LogP contribution in [0.5, 0.6) is 0 Å². The molecule has 6 heteroatoms. The van der Waals surface area contributed by atoms with Crippen LogP contribution >= 0.6 is 11.3 Å². The minimum Gasteiger partial charge on any atom is -0.381 e. The van der Waals surface area contributed by atoms with Crippen LogP contribution in [0.25, 0.3) is 0 Å². The maximum atomic E-state index is 12.0. The standard InChI is InChI=1S/C16H24N2O3S/c1-11-12(2)22-15(18-11)9-14(19)17-10-13-3-4-16(21-13)5-7-20-8-6-16/h13H,3-10H2,1-2H3,(H,17,19). The van der Waals surface area contributed by atoms with Gasteiger partial charge in [0.25, 0.3) is 0 Å². The van der Waals surface area contributed by atoms with Crippen molar-refractivity contribution < 1.29 is 14.3 Å². The number of aromatic nitrogens is 1. The van der Waals surface area contributed by atoms with Gasteiger partial charge in [-0.3, -0.25) is 4.79 Å². The third-order valence-corrected chi connectivity index (χ3v) is 5.73. The fourth-order valence-electron chi connectivity index (χ4n) is 3.19. The molecule has 3 rings (SSSR count). The molecule has 1 aromatic rings. The molecular formula is C16H24N2O3S. The molecule has 2 saturated heterocycles. The number of carbonyl (C=O) groups is 1. The number of carbonyl (C=O) groups excluding carboxylic acids is 1. The highest BCUT2D eigenvalue weighted by molar-refractivity contribution is 7.11. The molecule has 2 aliphatic rings. The fraction of sp³-hybridized carbons (Fsp3) is 0.750. The molecule has 1 amide bonds. The number of rotatable bonds is 4. The molecule has 2 fully saturated rings. The van der Waals surface area contributed by atoms with Crippen molar-refractivity contribution in [1.29, 1.82) is 0 Å². The van der Waals surface area contributed by atoms with Crippen LogP contribution in [0.3, 0.4) is 0 Å². The topological polar surface area (TPSA) is 60.5 Å². The van der Waals surface area contributed by atoms with Crippen molar-refractivity contribution in [2.24, 2.45) is 0 Å². The summed E-state index contributed by atoms with van der Waals surface area (Å²) in [5.41, 5.74) is 1.03. The first kappa shape index (κ1) is 15.9. The van der Waals surface area contributed by atoms with E-state index in [1.807, 2.05) is 13.8 Å². The van der Waals surface area contributed by atoms with E-state index in [4.69, 9.17) is 9.47 Å². The second-order valence-electron chi connectivity index (χ2n) is 6.30. The number of hydrogen-bond donors (Lipinski definition) is 1. The largest absolute Gasteiger partial charge is 0.381 e. The second kappa shape index (κ2) is 6.64. The van der Waals surface area contributed by atoms with Crippen LogP contribution in [-0.2, 0) is 20.7 Å². The van der Waals surface area contributed by atoms with Gasteiger partial charge in [-0.2, -0.15) is 0 Å². The van der Waals surface area contributed by atoms with Gasteiger partial charge in [-0.05, 0) is 39.5 Å². The second-order valence-corrected chi connectivity index (χ2v) is 7.59. The highest BCUT2D eigenvalue weighted by Crippen LogP contribution is 2.37. The van der Waals surface area contributed by atoms with Gasteiger partial charge in [0, 0.05) is 24.6 Å². The molecule has 1 unspecified atom stereocenters. The molecule has 122 valence electrons. The summed E-state index contributed by atoms with van der Waals surface area (Å²) >= 11 is 1.60. The average molecular weight is 324 g/mol. The van der Waals surface area contributed by atoms with Crippen LogP contribution in [0.4, 0.5) is 0 Å². The van der Waals surface area contributed by atoms with Gasteiger partial charge in [-0.25, -0.2) is 4.98 Å². The van der Waals surface area contributed by atoms with Gasteiger partial charge >= 0.3 is 0 Å². The zero-order valence-electron chi connectivity index (χ0n) is 13.3. The van der Waals surface area contributed by atoms with Crippen molar-refractivity contribution >= 4 is 17.2 Å². The van der Waals surface area contributed by atoms with Crippen molar-refractivity contribution in [1.82, 2.24) is 10.3 Å². The van der Waals surface area contributed by atoms with Gasteiger partial charge in [0.2, 0.25) is 5.91 Å². The molecule has 22 heavy (non-hydrogen) atoms. The van der Waals surface area contributed by atoms with Crippen molar-refractivity contribution in [3.05, 3.63) is 15.6 Å². The van der Waals surface area contributed by atoms with Crippen LogP contribution in [0, 0.1) is 13.8 Å². The normalized spacial score (nSPS) is 23.8. The number of nitrogens with zero attached hydrogens (tertiary/aromatic N) is 1. The van der Waals surface area contributed by atoms with E-state index in [2.05, 4.69) is 10.3 Å². The molecule has 0 bridgehead atoms. The molecule has 0 radical (unpaired) electrons. The summed E-state index contributed by atoms with van der Waals surface area (Å²) in [6, 6.07) is 0. The number of thiazole rings is 1. The first-order valence-electron chi connectivity index (χ1n) is 8.01. The Labute approximate surface area is 135 Å². The maximum absolute atomic E-state index is 12.0. The van der Waals surface area contributed by atoms with Crippen molar-refractivity contribution in [3.63, 3.8) is 0 Å². The SMILES string of the molecule is Cc1nc(CC(=O)NCC2CCC3(CCOCC3)O2)sc1C. The molecule has 0 aliphatic carbocycles. The average Bonchev–Trinajstić information content (AvgIpc) is 3.02. The van der Waals surface area contributed by atoms with E-state index >= 15 is 0 Å². The van der Waals surface area contributed by atoms with E-state index in [1.165, 1.54) is 4.88 Å². The number of hydrogen-bond acceptors (Lipinski definition) is 5. The Morgan fingerprint density at radius 2 is 2.14 bits per heavy atom. The number of aryl methyl sites for hydroxylation is 2. The third kappa shape index (κ3) is 3.67. The van der Waals surface area contributed by atoms with E-state index in [1.54, 1.807) is 11.3 Å². The Bertz CT molecular complexity index is 518. The molecule has 2 aliphatic heterocycles. The Kier molecular flexibility index (Phi) is 4.80. The van der Waals surface area contributed by atoms with Gasteiger partial charge in [0.1, 0.15) is 5.01 Å². The van der Waals surface area contributed by atoms with Crippen LogP contribution in [0.2, 0.25) is 0 Å². The summed E-state index contributed by atoms with van der Waals surface area (Å²) in [6.45, 7) is 6.20. The highest BCUT2D eigenvalue weighted by atomic mass is 32.1. The molecule has 0 saturated carbocycles. The lowest BCUT2D eigenvalue weighted by molar-refractivity contribution is -0.123. The van der Waals surface area contributed by atoms with E-state index in [0.717, 1.165) is 49.6 Å². The van der Waals surface area contributed by atoms with Gasteiger partial charge < -0.3 is 14.8 Å². The van der Waals surface area contributed by atoms with E-state index < -0.39 is 0 Å². The summed E-state index contributed by atoms with van der Waals surface area (Å²) < 4.78 is 11.6. The van der Waals surface area contributed by atoms with Crippen molar-refractivity contribution in [3.8, 4) is 0 Å². The van der Waals surface area contributed by atoms with Crippen LogP contribution < -0.4 is 5.32 Å². The Morgan fingerprint density at radius 3 is 2.82 bits per heavy atom. The van der Waals surface area contributed by atoms with Crippen LogP contribution in [-0.4, -0.2) is 42.4 Å². The zero-order valence-corrected chi connectivity index (χ0v) is 14.1. The number of nitrogens with one attached hydrogen (secondary N) is 1. The smallest absolute Gasteiger partial charge is 0.226 e. The molecule has 5 nitrogen and oxygen atoms in total. The number of ether oxygens (including phenoxy) is 2. The first-order chi connectivity index (χ1) is 10.6. The Morgan fingerprint density at radius 1 is 1.36 bits per heavy atom. The van der Waals surface area contributed by atoms with Crippen molar-refractivity contribution in [2.45, 2.75) is 57.7 Å². The molecule has 1 spiro atoms. The third-order valence-electron chi connectivity index (χ3n) is 4.65. The first-order valence-corrected chi connectivity index (χ1v) is 8.83. The summed E-state index contributed by atoms with van der Waals surface area (Å²) in [4.78, 5) is 17.6. The van der Waals surface area contributed by atoms with Crippen LogP contribution in [0.15, 0.2) is 0 Å².